The van der Waals surface area contributed by atoms with Gasteiger partial charge >= 0.3 is 0 Å². The number of carbonyl (C=O) groups is 4. The maximum Gasteiger partial charge on any atom is 0.242 e. The molecule has 0 bridgehead atoms. The highest BCUT2D eigenvalue weighted by molar-refractivity contribution is 5.92. The number of hydrogen-bond donors (Lipinski definition) is 3. The predicted molar refractivity (Wildman–Crippen MR) is 74.8 cm³/mol. The van der Waals surface area contributed by atoms with Gasteiger partial charge in [0, 0.05) is 12.0 Å². The molecule has 1 unspecified atom stereocenters. The Bertz CT molecular complexity index is 461. The molecule has 1 heterocycles. The van der Waals surface area contributed by atoms with Crippen LogP contribution in [0, 0.1) is 0 Å². The molecule has 8 nitrogen and oxygen atoms in total. The summed E-state index contributed by atoms with van der Waals surface area (Å²) < 4.78 is 0. The molecular weight excluding hydrogens is 276 g/mol. The summed E-state index contributed by atoms with van der Waals surface area (Å²) in [5, 5.41) is 4.71. The number of hydrogen-bond acceptors (Lipinski definition) is 4. The van der Waals surface area contributed by atoms with Gasteiger partial charge in [0.25, 0.3) is 0 Å². The lowest BCUT2D eigenvalue weighted by atomic mass is 10.0. The number of nitrogens with zero attached hydrogens (tertiary/aromatic N) is 1. The van der Waals surface area contributed by atoms with E-state index in [2.05, 4.69) is 10.6 Å². The first-order valence-electron chi connectivity index (χ1n) is 6.80. The van der Waals surface area contributed by atoms with Gasteiger partial charge in [-0.25, -0.2) is 0 Å². The molecule has 1 fully saturated rings. The first-order valence-corrected chi connectivity index (χ1v) is 6.80. The first kappa shape index (κ1) is 16.9. The third-order valence-corrected chi connectivity index (χ3v) is 3.52. The zero-order valence-corrected chi connectivity index (χ0v) is 12.6. The van der Waals surface area contributed by atoms with Gasteiger partial charge in [-0.1, -0.05) is 0 Å². The molecule has 1 rings (SSSR count). The van der Waals surface area contributed by atoms with E-state index in [4.69, 9.17) is 5.73 Å². The minimum Gasteiger partial charge on any atom is -0.368 e. The van der Waals surface area contributed by atoms with Crippen molar-refractivity contribution in [1.29, 1.82) is 0 Å². The summed E-state index contributed by atoms with van der Waals surface area (Å²) in [4.78, 5) is 47.3. The Hall–Kier alpha value is -2.12. The molecule has 1 aliphatic heterocycles. The summed E-state index contributed by atoms with van der Waals surface area (Å²) in [7, 11) is 0. The van der Waals surface area contributed by atoms with Crippen molar-refractivity contribution >= 4 is 23.6 Å². The van der Waals surface area contributed by atoms with E-state index >= 15 is 0 Å². The van der Waals surface area contributed by atoms with E-state index in [1.807, 2.05) is 13.8 Å². The van der Waals surface area contributed by atoms with E-state index in [9.17, 15) is 19.2 Å². The third kappa shape index (κ3) is 4.44. The molecule has 0 spiro atoms. The normalized spacial score (nSPS) is 18.2. The summed E-state index contributed by atoms with van der Waals surface area (Å²) >= 11 is 0. The van der Waals surface area contributed by atoms with Crippen molar-refractivity contribution in [2.45, 2.75) is 45.2 Å². The summed E-state index contributed by atoms with van der Waals surface area (Å²) in [5.41, 5.74) is 4.51. The molecule has 1 saturated heterocycles. The quantitative estimate of drug-likeness (QED) is 0.552. The van der Waals surface area contributed by atoms with Crippen molar-refractivity contribution in [2.75, 3.05) is 13.1 Å². The zero-order chi connectivity index (χ0) is 16.2. The van der Waals surface area contributed by atoms with Crippen LogP contribution < -0.4 is 16.4 Å². The fourth-order valence-corrected chi connectivity index (χ4v) is 2.41. The van der Waals surface area contributed by atoms with Crippen molar-refractivity contribution in [3.63, 3.8) is 0 Å². The molecule has 8 heteroatoms. The second-order valence-electron chi connectivity index (χ2n) is 5.71. The topological polar surface area (TPSA) is 122 Å². The van der Waals surface area contributed by atoms with Gasteiger partial charge in [0.15, 0.2) is 0 Å². The van der Waals surface area contributed by atoms with Gasteiger partial charge in [0.1, 0.15) is 6.04 Å². The average Bonchev–Trinajstić information content (AvgIpc) is 2.66. The lowest BCUT2D eigenvalue weighted by Crippen LogP contribution is -2.54. The van der Waals surface area contributed by atoms with E-state index in [0.717, 1.165) is 0 Å². The van der Waals surface area contributed by atoms with Gasteiger partial charge in [0.05, 0.1) is 13.1 Å². The van der Waals surface area contributed by atoms with Crippen LogP contribution in [0.4, 0.5) is 0 Å². The SMILES string of the molecule is CC(C(=O)NCC(=O)NCC(N)=O)N1C(=O)CCC1(C)C. The van der Waals surface area contributed by atoms with Crippen LogP contribution in [-0.4, -0.2) is 53.2 Å². The highest BCUT2D eigenvalue weighted by atomic mass is 16.2. The van der Waals surface area contributed by atoms with Crippen molar-refractivity contribution in [3.05, 3.63) is 0 Å². The molecule has 0 aromatic heterocycles. The molecule has 21 heavy (non-hydrogen) atoms. The number of nitrogens with two attached hydrogens (primary N) is 1. The second kappa shape index (κ2) is 6.55. The molecule has 0 aromatic rings. The Kier molecular flexibility index (Phi) is 5.28. The van der Waals surface area contributed by atoms with Crippen LogP contribution in [-0.2, 0) is 19.2 Å². The Morgan fingerprint density at radius 2 is 1.90 bits per heavy atom. The second-order valence-corrected chi connectivity index (χ2v) is 5.71. The number of primary amides is 1. The van der Waals surface area contributed by atoms with Gasteiger partial charge in [-0.2, -0.15) is 0 Å². The Morgan fingerprint density at radius 3 is 2.38 bits per heavy atom. The van der Waals surface area contributed by atoms with Crippen molar-refractivity contribution in [3.8, 4) is 0 Å². The lowest BCUT2D eigenvalue weighted by molar-refractivity contribution is -0.141. The van der Waals surface area contributed by atoms with Gasteiger partial charge < -0.3 is 21.3 Å². The average molecular weight is 298 g/mol. The lowest BCUT2D eigenvalue weighted by Gasteiger charge is -2.35. The number of rotatable bonds is 6. The monoisotopic (exact) mass is 298 g/mol. The maximum atomic E-state index is 12.0. The van der Waals surface area contributed by atoms with Gasteiger partial charge in [0.2, 0.25) is 23.6 Å². The Morgan fingerprint density at radius 1 is 1.29 bits per heavy atom. The summed E-state index contributed by atoms with van der Waals surface area (Å²) in [6.45, 7) is 4.89. The summed E-state index contributed by atoms with van der Waals surface area (Å²) in [6.07, 6.45) is 1.12. The summed E-state index contributed by atoms with van der Waals surface area (Å²) in [5.74, 6) is -1.65. The molecule has 1 atom stereocenters. The van der Waals surface area contributed by atoms with E-state index in [0.29, 0.717) is 12.8 Å². The Balaban J connectivity index is 2.50. The van der Waals surface area contributed by atoms with Crippen LogP contribution in [0.5, 0.6) is 0 Å². The number of likely N-dealkylation sites (tertiary alicyclic amines) is 1. The highest BCUT2D eigenvalue weighted by Gasteiger charge is 2.42. The van der Waals surface area contributed by atoms with E-state index in [-0.39, 0.29) is 24.5 Å². The largest absolute Gasteiger partial charge is 0.368 e. The zero-order valence-electron chi connectivity index (χ0n) is 12.6. The smallest absolute Gasteiger partial charge is 0.242 e. The van der Waals surface area contributed by atoms with Gasteiger partial charge in [-0.05, 0) is 27.2 Å². The van der Waals surface area contributed by atoms with E-state index in [1.165, 1.54) is 0 Å². The Labute approximate surface area is 123 Å². The van der Waals surface area contributed by atoms with Crippen LogP contribution in [0.1, 0.15) is 33.6 Å². The van der Waals surface area contributed by atoms with Crippen LogP contribution in [0.2, 0.25) is 0 Å². The first-order chi connectivity index (χ1) is 9.65. The van der Waals surface area contributed by atoms with Gasteiger partial charge in [-0.15, -0.1) is 0 Å². The van der Waals surface area contributed by atoms with E-state index in [1.54, 1.807) is 11.8 Å². The van der Waals surface area contributed by atoms with Gasteiger partial charge in [-0.3, -0.25) is 19.2 Å². The fourth-order valence-electron chi connectivity index (χ4n) is 2.41. The van der Waals surface area contributed by atoms with Crippen LogP contribution in [0.15, 0.2) is 0 Å². The molecule has 0 saturated carbocycles. The molecule has 4 amide bonds. The number of nitrogens with one attached hydrogen (secondary N) is 2. The highest BCUT2D eigenvalue weighted by Crippen LogP contribution is 2.31. The molecule has 0 aliphatic carbocycles. The number of carbonyl (C=O) groups excluding carboxylic acids is 4. The molecular formula is C13H22N4O4. The van der Waals surface area contributed by atoms with Crippen LogP contribution in [0.25, 0.3) is 0 Å². The summed E-state index contributed by atoms with van der Waals surface area (Å²) in [6, 6.07) is -0.654. The van der Waals surface area contributed by atoms with Crippen molar-refractivity contribution in [2.24, 2.45) is 5.73 Å². The third-order valence-electron chi connectivity index (χ3n) is 3.52. The van der Waals surface area contributed by atoms with Crippen molar-refractivity contribution < 1.29 is 19.2 Å². The van der Waals surface area contributed by atoms with Crippen LogP contribution in [0.3, 0.4) is 0 Å². The van der Waals surface area contributed by atoms with Crippen molar-refractivity contribution in [1.82, 2.24) is 15.5 Å². The molecule has 4 N–H and O–H groups in total. The van der Waals surface area contributed by atoms with Crippen LogP contribution >= 0.6 is 0 Å². The standard InChI is InChI=1S/C13H22N4O4/c1-8(17-11(20)4-5-13(17,2)3)12(21)16-7-10(19)15-6-9(14)18/h8H,4-7H2,1-3H3,(H2,14,18)(H,15,19)(H,16,21). The maximum absolute atomic E-state index is 12.0. The number of amides is 4. The fraction of sp³-hybridized carbons (Fsp3) is 0.692. The minimum absolute atomic E-state index is 0.0687. The minimum atomic E-state index is -0.660. The molecule has 1 aliphatic rings. The molecule has 118 valence electrons. The molecule has 0 aromatic carbocycles. The predicted octanol–water partition coefficient (Wildman–Crippen LogP) is -1.51. The van der Waals surface area contributed by atoms with E-state index < -0.39 is 23.8 Å². The molecule has 0 radical (unpaired) electrons.